The number of amides is 2. The average molecular weight is 286 g/mol. The van der Waals surface area contributed by atoms with E-state index in [9.17, 15) is 18.0 Å². The van der Waals surface area contributed by atoms with E-state index in [0.29, 0.717) is 12.2 Å². The highest BCUT2D eigenvalue weighted by Crippen LogP contribution is 2.14. The van der Waals surface area contributed by atoms with E-state index in [0.717, 1.165) is 4.90 Å². The van der Waals surface area contributed by atoms with E-state index in [2.05, 4.69) is 14.7 Å². The lowest BCUT2D eigenvalue weighted by molar-refractivity contribution is -0.137. The van der Waals surface area contributed by atoms with Gasteiger partial charge in [0.1, 0.15) is 11.9 Å². The molecule has 1 aliphatic rings. The van der Waals surface area contributed by atoms with Gasteiger partial charge in [0.2, 0.25) is 11.8 Å². The quantitative estimate of drug-likeness (QED) is 0.690. The minimum atomic E-state index is -3.88. The van der Waals surface area contributed by atoms with Crippen molar-refractivity contribution in [1.29, 1.82) is 0 Å². The van der Waals surface area contributed by atoms with E-state index >= 15 is 0 Å². The van der Waals surface area contributed by atoms with Crippen molar-refractivity contribution in [3.05, 3.63) is 12.0 Å². The highest BCUT2D eigenvalue weighted by molar-refractivity contribution is 7.89. The van der Waals surface area contributed by atoms with Gasteiger partial charge < -0.3 is 4.98 Å². The molecule has 104 valence electrons. The van der Waals surface area contributed by atoms with E-state index in [4.69, 9.17) is 0 Å². The zero-order valence-corrected chi connectivity index (χ0v) is 11.3. The Balaban J connectivity index is 2.18. The first kappa shape index (κ1) is 13.7. The van der Waals surface area contributed by atoms with Crippen LogP contribution in [0.1, 0.15) is 19.2 Å². The van der Waals surface area contributed by atoms with Crippen LogP contribution < -0.4 is 4.72 Å². The summed E-state index contributed by atoms with van der Waals surface area (Å²) >= 11 is 0. The number of aromatic nitrogens is 2. The standard InChI is InChI=1S/C10H14N4O4S/c1-3-7-11-5-8(12-7)19(17,18)13-6-4-9(15)14(2)10(6)16/h5-6,13H,3-4H2,1-2H3,(H,11,12). The molecule has 1 unspecified atom stereocenters. The molecule has 2 amide bonds. The Kier molecular flexibility index (Phi) is 3.42. The molecule has 0 radical (unpaired) electrons. The van der Waals surface area contributed by atoms with Gasteiger partial charge in [-0.05, 0) is 0 Å². The van der Waals surface area contributed by atoms with Gasteiger partial charge in [-0.15, -0.1) is 0 Å². The van der Waals surface area contributed by atoms with Crippen LogP contribution in [0.15, 0.2) is 11.2 Å². The van der Waals surface area contributed by atoms with Gasteiger partial charge in [-0.25, -0.2) is 13.4 Å². The molecule has 1 aromatic rings. The number of nitrogens with one attached hydrogen (secondary N) is 2. The summed E-state index contributed by atoms with van der Waals surface area (Å²) in [6, 6.07) is -1.05. The molecule has 19 heavy (non-hydrogen) atoms. The number of likely N-dealkylation sites (tertiary alicyclic amines) is 1. The summed E-state index contributed by atoms with van der Waals surface area (Å²) in [5.74, 6) is -0.424. The molecule has 2 N–H and O–H groups in total. The summed E-state index contributed by atoms with van der Waals surface area (Å²) in [7, 11) is -2.56. The lowest BCUT2D eigenvalue weighted by Crippen LogP contribution is -2.40. The molecular formula is C10H14N4O4S. The first-order valence-corrected chi connectivity index (χ1v) is 7.20. The number of imidazole rings is 1. The van der Waals surface area contributed by atoms with Crippen LogP contribution in [0, 0.1) is 0 Å². The van der Waals surface area contributed by atoms with Crippen molar-refractivity contribution in [2.45, 2.75) is 30.8 Å². The molecule has 1 saturated heterocycles. The van der Waals surface area contributed by atoms with Crippen molar-refractivity contribution in [3.8, 4) is 0 Å². The fourth-order valence-corrected chi connectivity index (χ4v) is 2.89. The number of aromatic amines is 1. The molecule has 0 bridgehead atoms. The van der Waals surface area contributed by atoms with E-state index in [1.165, 1.54) is 13.2 Å². The monoisotopic (exact) mass is 286 g/mol. The molecule has 1 atom stereocenters. The minimum absolute atomic E-state index is 0.112. The van der Waals surface area contributed by atoms with Gasteiger partial charge >= 0.3 is 0 Å². The molecule has 2 rings (SSSR count). The fraction of sp³-hybridized carbons (Fsp3) is 0.500. The Bertz CT molecular complexity index is 621. The Hall–Kier alpha value is -1.74. The number of H-pyrrole nitrogens is 1. The van der Waals surface area contributed by atoms with Crippen LogP contribution in [-0.2, 0) is 26.0 Å². The van der Waals surface area contributed by atoms with E-state index in [-0.39, 0.29) is 11.4 Å². The van der Waals surface area contributed by atoms with Gasteiger partial charge in [0.15, 0.2) is 5.03 Å². The number of hydrogen-bond donors (Lipinski definition) is 2. The number of rotatable bonds is 4. The summed E-state index contributed by atoms with van der Waals surface area (Å²) in [5.41, 5.74) is 0. The second kappa shape index (κ2) is 4.74. The second-order valence-electron chi connectivity index (χ2n) is 4.22. The summed E-state index contributed by atoms with van der Waals surface area (Å²) in [4.78, 5) is 30.4. The number of nitrogens with zero attached hydrogens (tertiary/aromatic N) is 2. The van der Waals surface area contributed by atoms with Gasteiger partial charge in [-0.1, -0.05) is 6.92 Å². The van der Waals surface area contributed by atoms with Crippen molar-refractivity contribution in [1.82, 2.24) is 19.6 Å². The summed E-state index contributed by atoms with van der Waals surface area (Å²) in [5, 5.41) is -0.112. The molecule has 2 heterocycles. The normalized spacial score (nSPS) is 20.3. The number of sulfonamides is 1. The SMILES string of the molecule is CCc1ncc(S(=O)(=O)NC2CC(=O)N(C)C2=O)[nH]1. The first-order chi connectivity index (χ1) is 8.85. The zero-order chi connectivity index (χ0) is 14.2. The Morgan fingerprint density at radius 2 is 2.21 bits per heavy atom. The Morgan fingerprint density at radius 1 is 1.53 bits per heavy atom. The predicted octanol–water partition coefficient (Wildman–Crippen LogP) is -0.992. The van der Waals surface area contributed by atoms with Crippen LogP contribution in [0.2, 0.25) is 0 Å². The highest BCUT2D eigenvalue weighted by atomic mass is 32.2. The van der Waals surface area contributed by atoms with E-state index < -0.39 is 27.9 Å². The Labute approximate surface area is 110 Å². The summed E-state index contributed by atoms with van der Waals surface area (Å²) in [6.07, 6.45) is 1.59. The smallest absolute Gasteiger partial charge is 0.258 e. The van der Waals surface area contributed by atoms with E-state index in [1.807, 2.05) is 6.92 Å². The maximum Gasteiger partial charge on any atom is 0.258 e. The fourth-order valence-electron chi connectivity index (χ4n) is 1.76. The van der Waals surface area contributed by atoms with Crippen molar-refractivity contribution in [3.63, 3.8) is 0 Å². The third kappa shape index (κ3) is 2.51. The molecule has 0 aliphatic carbocycles. The van der Waals surface area contributed by atoms with Crippen LogP contribution in [0.5, 0.6) is 0 Å². The Morgan fingerprint density at radius 3 is 2.68 bits per heavy atom. The largest absolute Gasteiger partial charge is 0.332 e. The second-order valence-corrected chi connectivity index (χ2v) is 5.90. The van der Waals surface area contributed by atoms with Crippen LogP contribution in [-0.4, -0.2) is 48.2 Å². The summed E-state index contributed by atoms with van der Waals surface area (Å²) < 4.78 is 26.2. The molecule has 9 heteroatoms. The lowest BCUT2D eigenvalue weighted by Gasteiger charge is -2.10. The number of imide groups is 1. The van der Waals surface area contributed by atoms with E-state index in [1.54, 1.807) is 0 Å². The maximum atomic E-state index is 12.0. The van der Waals surface area contributed by atoms with Crippen LogP contribution in [0.3, 0.4) is 0 Å². The predicted molar refractivity (Wildman–Crippen MR) is 64.5 cm³/mol. The third-order valence-corrected chi connectivity index (χ3v) is 4.29. The van der Waals surface area contributed by atoms with Gasteiger partial charge in [0.05, 0.1) is 12.6 Å². The van der Waals surface area contributed by atoms with Gasteiger partial charge in [-0.3, -0.25) is 14.5 Å². The summed E-state index contributed by atoms with van der Waals surface area (Å²) in [6.45, 7) is 1.83. The van der Waals surface area contributed by atoms with Gasteiger partial charge in [0.25, 0.3) is 10.0 Å². The topological polar surface area (TPSA) is 112 Å². The highest BCUT2D eigenvalue weighted by Gasteiger charge is 2.39. The molecule has 0 saturated carbocycles. The zero-order valence-electron chi connectivity index (χ0n) is 10.5. The molecule has 0 spiro atoms. The first-order valence-electron chi connectivity index (χ1n) is 5.71. The number of likely N-dealkylation sites (N-methyl/N-ethyl adjacent to an activating group) is 1. The number of hydrogen-bond acceptors (Lipinski definition) is 5. The van der Waals surface area contributed by atoms with Crippen LogP contribution >= 0.6 is 0 Å². The van der Waals surface area contributed by atoms with Crippen molar-refractivity contribution >= 4 is 21.8 Å². The van der Waals surface area contributed by atoms with Crippen LogP contribution in [0.4, 0.5) is 0 Å². The molecule has 1 aromatic heterocycles. The average Bonchev–Trinajstić information content (AvgIpc) is 2.92. The molecule has 0 aromatic carbocycles. The van der Waals surface area contributed by atoms with Gasteiger partial charge in [0, 0.05) is 13.5 Å². The van der Waals surface area contributed by atoms with Crippen molar-refractivity contribution < 1.29 is 18.0 Å². The van der Waals surface area contributed by atoms with Crippen molar-refractivity contribution in [2.24, 2.45) is 0 Å². The molecule has 1 fully saturated rings. The number of aryl methyl sites for hydroxylation is 1. The molecular weight excluding hydrogens is 272 g/mol. The number of carbonyl (C=O) groups is 2. The van der Waals surface area contributed by atoms with Crippen LogP contribution in [0.25, 0.3) is 0 Å². The molecule has 1 aliphatic heterocycles. The molecule has 8 nitrogen and oxygen atoms in total. The van der Waals surface area contributed by atoms with Gasteiger partial charge in [-0.2, -0.15) is 4.72 Å². The number of carbonyl (C=O) groups excluding carboxylic acids is 2. The van der Waals surface area contributed by atoms with Crippen molar-refractivity contribution in [2.75, 3.05) is 7.05 Å². The maximum absolute atomic E-state index is 12.0. The lowest BCUT2D eigenvalue weighted by atomic mass is 10.3. The third-order valence-electron chi connectivity index (χ3n) is 2.91. The minimum Gasteiger partial charge on any atom is -0.332 e.